The van der Waals surface area contributed by atoms with Crippen molar-refractivity contribution in [1.82, 2.24) is 4.57 Å². The van der Waals surface area contributed by atoms with E-state index in [1.54, 1.807) is 0 Å². The Bertz CT molecular complexity index is 2470. The molecule has 2 heterocycles. The number of aromatic nitrogens is 1. The summed E-state index contributed by atoms with van der Waals surface area (Å²) in [6.45, 7) is 0. The lowest BCUT2D eigenvalue weighted by Gasteiger charge is -2.28. The predicted molar refractivity (Wildman–Crippen MR) is 194 cm³/mol. The van der Waals surface area contributed by atoms with Gasteiger partial charge < -0.3 is 9.47 Å². The van der Waals surface area contributed by atoms with Crippen LogP contribution in [-0.4, -0.2) is 4.57 Å². The molecule has 9 aromatic rings. The van der Waals surface area contributed by atoms with Crippen molar-refractivity contribution in [2.24, 2.45) is 0 Å². The van der Waals surface area contributed by atoms with Crippen LogP contribution in [0.2, 0.25) is 0 Å². The number of para-hydroxylation sites is 3. The van der Waals surface area contributed by atoms with Crippen LogP contribution in [0.15, 0.2) is 170 Å². The van der Waals surface area contributed by atoms with Gasteiger partial charge in [-0.3, -0.25) is 0 Å². The molecule has 212 valence electrons. The molecule has 0 saturated heterocycles. The molecular formula is C42H28N2S. The fourth-order valence-electron chi connectivity index (χ4n) is 6.91. The second-order valence-electron chi connectivity index (χ2n) is 11.3. The molecule has 0 N–H and O–H groups in total. The average molecular weight is 593 g/mol. The number of fused-ring (bicyclic) bond motifs is 6. The van der Waals surface area contributed by atoms with Crippen LogP contribution < -0.4 is 4.90 Å². The Morgan fingerprint density at radius 3 is 1.89 bits per heavy atom. The molecule has 0 radical (unpaired) electrons. The predicted octanol–water partition coefficient (Wildman–Crippen LogP) is 12.3. The molecule has 9 rings (SSSR count). The summed E-state index contributed by atoms with van der Waals surface area (Å²) in [5.41, 5.74) is 9.41. The van der Waals surface area contributed by atoms with E-state index in [2.05, 4.69) is 179 Å². The summed E-state index contributed by atoms with van der Waals surface area (Å²) >= 11 is 1.86. The van der Waals surface area contributed by atoms with E-state index < -0.39 is 0 Å². The van der Waals surface area contributed by atoms with Crippen molar-refractivity contribution >= 4 is 70.4 Å². The Hall–Kier alpha value is -5.64. The second kappa shape index (κ2) is 10.5. The number of hydrogen-bond donors (Lipinski definition) is 0. The van der Waals surface area contributed by atoms with Crippen LogP contribution in [0, 0.1) is 0 Å². The van der Waals surface area contributed by atoms with E-state index >= 15 is 0 Å². The van der Waals surface area contributed by atoms with Gasteiger partial charge in [-0.1, -0.05) is 115 Å². The van der Waals surface area contributed by atoms with Crippen LogP contribution in [-0.2, 0) is 0 Å². The third kappa shape index (κ3) is 4.09. The van der Waals surface area contributed by atoms with Gasteiger partial charge in [-0.05, 0) is 65.7 Å². The maximum atomic E-state index is 2.46. The van der Waals surface area contributed by atoms with E-state index in [0.717, 1.165) is 17.1 Å². The molecule has 0 unspecified atom stereocenters. The normalized spacial score (nSPS) is 11.6. The molecule has 0 amide bonds. The van der Waals surface area contributed by atoms with Gasteiger partial charge in [0.25, 0.3) is 0 Å². The summed E-state index contributed by atoms with van der Waals surface area (Å²) in [5.74, 6) is 0. The highest BCUT2D eigenvalue weighted by Crippen LogP contribution is 2.48. The average Bonchev–Trinajstić information content (AvgIpc) is 3.67. The number of hydrogen-bond acceptors (Lipinski definition) is 2. The molecule has 0 aliphatic rings. The zero-order valence-corrected chi connectivity index (χ0v) is 25.3. The first kappa shape index (κ1) is 25.8. The third-order valence-corrected chi connectivity index (χ3v) is 9.90. The molecule has 0 saturated carbocycles. The van der Waals surface area contributed by atoms with Crippen molar-refractivity contribution in [2.45, 2.75) is 0 Å². The van der Waals surface area contributed by atoms with Gasteiger partial charge in [0.05, 0.1) is 22.4 Å². The van der Waals surface area contributed by atoms with Crippen molar-refractivity contribution in [3.8, 4) is 16.8 Å². The number of anilines is 3. The molecule has 2 nitrogen and oxygen atoms in total. The molecule has 0 aliphatic carbocycles. The first-order valence-electron chi connectivity index (χ1n) is 15.3. The first-order chi connectivity index (χ1) is 22.4. The molecule has 0 bridgehead atoms. The Kier molecular flexibility index (Phi) is 6.03. The van der Waals surface area contributed by atoms with Gasteiger partial charge >= 0.3 is 0 Å². The van der Waals surface area contributed by atoms with Crippen molar-refractivity contribution in [3.05, 3.63) is 170 Å². The fourth-order valence-corrected chi connectivity index (χ4v) is 8.04. The van der Waals surface area contributed by atoms with Crippen LogP contribution in [0.4, 0.5) is 17.1 Å². The Balaban J connectivity index is 1.45. The van der Waals surface area contributed by atoms with Crippen LogP contribution in [0.5, 0.6) is 0 Å². The molecule has 45 heavy (non-hydrogen) atoms. The molecule has 3 heteroatoms. The van der Waals surface area contributed by atoms with Crippen LogP contribution in [0.3, 0.4) is 0 Å². The summed E-state index contributed by atoms with van der Waals surface area (Å²) in [6.07, 6.45) is 0. The zero-order chi connectivity index (χ0) is 29.7. The van der Waals surface area contributed by atoms with E-state index in [1.165, 1.54) is 58.8 Å². The van der Waals surface area contributed by atoms with Gasteiger partial charge in [0, 0.05) is 42.3 Å². The van der Waals surface area contributed by atoms with Gasteiger partial charge in [-0.25, -0.2) is 0 Å². The largest absolute Gasteiger partial charge is 0.308 e. The Labute approximate surface area is 265 Å². The molecule has 0 spiro atoms. The lowest BCUT2D eigenvalue weighted by atomic mass is 9.99. The van der Waals surface area contributed by atoms with E-state index in [-0.39, 0.29) is 0 Å². The van der Waals surface area contributed by atoms with Crippen molar-refractivity contribution in [2.75, 3.05) is 4.90 Å². The highest BCUT2D eigenvalue weighted by atomic mass is 32.1. The summed E-state index contributed by atoms with van der Waals surface area (Å²) in [7, 11) is 0. The summed E-state index contributed by atoms with van der Waals surface area (Å²) < 4.78 is 5.04. The van der Waals surface area contributed by atoms with Crippen molar-refractivity contribution < 1.29 is 0 Å². The molecule has 0 atom stereocenters. The minimum atomic E-state index is 1.13. The molecule has 0 aliphatic heterocycles. The minimum Gasteiger partial charge on any atom is -0.308 e. The molecular weight excluding hydrogens is 565 g/mol. The number of benzene rings is 7. The lowest BCUT2D eigenvalue weighted by molar-refractivity contribution is 1.17. The zero-order valence-electron chi connectivity index (χ0n) is 24.5. The van der Waals surface area contributed by atoms with Crippen LogP contribution >= 0.6 is 11.3 Å². The highest BCUT2D eigenvalue weighted by molar-refractivity contribution is 7.26. The van der Waals surface area contributed by atoms with Gasteiger partial charge in [0.2, 0.25) is 0 Å². The van der Waals surface area contributed by atoms with Gasteiger partial charge in [0.15, 0.2) is 0 Å². The van der Waals surface area contributed by atoms with Crippen LogP contribution in [0.25, 0.3) is 58.8 Å². The SMILES string of the molecule is c1ccc(-c2cccc3c2c2cccc(N(c4ccccc4)c4cccc5sc6ccccc6c45)c2n3-c2ccccc2)cc1. The summed E-state index contributed by atoms with van der Waals surface area (Å²) in [5, 5.41) is 5.06. The number of thiophene rings is 1. The van der Waals surface area contributed by atoms with Gasteiger partial charge in [0.1, 0.15) is 0 Å². The fraction of sp³-hybridized carbons (Fsp3) is 0. The highest BCUT2D eigenvalue weighted by Gasteiger charge is 2.24. The number of rotatable bonds is 5. The number of nitrogens with zero attached hydrogens (tertiary/aromatic N) is 2. The quantitative estimate of drug-likeness (QED) is 0.193. The molecule has 0 fully saturated rings. The third-order valence-electron chi connectivity index (χ3n) is 8.77. The summed E-state index contributed by atoms with van der Waals surface area (Å²) in [4.78, 5) is 2.46. The molecule has 7 aromatic carbocycles. The topological polar surface area (TPSA) is 8.17 Å². The van der Waals surface area contributed by atoms with E-state index in [9.17, 15) is 0 Å². The van der Waals surface area contributed by atoms with Crippen LogP contribution in [0.1, 0.15) is 0 Å². The smallest absolute Gasteiger partial charge is 0.0782 e. The van der Waals surface area contributed by atoms with E-state index in [4.69, 9.17) is 0 Å². The second-order valence-corrected chi connectivity index (χ2v) is 12.4. The summed E-state index contributed by atoms with van der Waals surface area (Å²) in [6, 6.07) is 61.3. The van der Waals surface area contributed by atoms with E-state index in [1.807, 2.05) is 11.3 Å². The Morgan fingerprint density at radius 2 is 1.07 bits per heavy atom. The van der Waals surface area contributed by atoms with Crippen molar-refractivity contribution in [1.29, 1.82) is 0 Å². The van der Waals surface area contributed by atoms with Gasteiger partial charge in [-0.15, -0.1) is 11.3 Å². The maximum absolute atomic E-state index is 2.46. The van der Waals surface area contributed by atoms with Gasteiger partial charge in [-0.2, -0.15) is 0 Å². The molecule has 2 aromatic heterocycles. The first-order valence-corrected chi connectivity index (χ1v) is 16.1. The Morgan fingerprint density at radius 1 is 0.444 bits per heavy atom. The monoisotopic (exact) mass is 592 g/mol. The maximum Gasteiger partial charge on any atom is 0.0782 e. The lowest BCUT2D eigenvalue weighted by Crippen LogP contribution is -2.12. The minimum absolute atomic E-state index is 1.13. The van der Waals surface area contributed by atoms with E-state index in [0.29, 0.717) is 0 Å². The van der Waals surface area contributed by atoms with Crippen molar-refractivity contribution in [3.63, 3.8) is 0 Å². The standard InChI is InChI=1S/C42H28N2S/c1-4-15-29(16-5-1)32-22-12-24-35-40(32)34-23-13-26-37(42(34)44(35)31-19-8-3-9-20-31)43(30-17-6-2-7-18-30)36-25-14-28-39-41(36)33-21-10-11-27-38(33)45-39/h1-28H.